The summed E-state index contributed by atoms with van der Waals surface area (Å²) in [4.78, 5) is 0. The molecule has 2 rings (SSSR count). The first-order chi connectivity index (χ1) is 8.72. The number of aryl methyl sites for hydroxylation is 1. The normalized spacial score (nSPS) is 11.0. The summed E-state index contributed by atoms with van der Waals surface area (Å²) in [6.45, 7) is 1.97. The van der Waals surface area contributed by atoms with Crippen LogP contribution in [0.15, 0.2) is 29.4 Å². The van der Waals surface area contributed by atoms with Gasteiger partial charge >= 0.3 is 0 Å². The number of hydrogen-bond donors (Lipinski definition) is 2. The lowest BCUT2D eigenvalue weighted by Crippen LogP contribution is -2.14. The van der Waals surface area contributed by atoms with Gasteiger partial charge in [-0.25, -0.2) is 10.1 Å². The Morgan fingerprint density at radius 3 is 2.89 bits per heavy atom. The van der Waals surface area contributed by atoms with Gasteiger partial charge in [0.15, 0.2) is 5.82 Å². The highest BCUT2D eigenvalue weighted by atomic mass is 127. The summed E-state index contributed by atoms with van der Waals surface area (Å²) >= 11 is 2.25. The van der Waals surface area contributed by atoms with E-state index < -0.39 is 0 Å². The molecule has 0 aliphatic carbocycles. The molecular weight excluding hydrogens is 343 g/mol. The van der Waals surface area contributed by atoms with Crippen LogP contribution in [0.25, 0.3) is 0 Å². The van der Waals surface area contributed by atoms with Crippen LogP contribution < -0.4 is 11.3 Å². The van der Waals surface area contributed by atoms with Gasteiger partial charge in [-0.05, 0) is 28.7 Å². The van der Waals surface area contributed by atoms with E-state index in [2.05, 4.69) is 43.3 Å². The van der Waals surface area contributed by atoms with E-state index in [9.17, 15) is 0 Å². The van der Waals surface area contributed by atoms with Gasteiger partial charge in [0, 0.05) is 15.6 Å². The summed E-state index contributed by atoms with van der Waals surface area (Å²) in [5.41, 5.74) is 3.81. The summed E-state index contributed by atoms with van der Waals surface area (Å²) in [6, 6.07) is 7.95. The van der Waals surface area contributed by atoms with Crippen molar-refractivity contribution < 1.29 is 0 Å². The van der Waals surface area contributed by atoms with Gasteiger partial charge < -0.3 is 5.84 Å². The molecule has 94 valence electrons. The fourth-order valence-electron chi connectivity index (χ4n) is 1.38. The minimum absolute atomic E-state index is 0.425. The second-order valence-corrected chi connectivity index (χ2v) is 4.72. The first-order valence-corrected chi connectivity index (χ1v) is 6.53. The molecule has 0 unspecified atom stereocenters. The number of halogens is 1. The third-order valence-electron chi connectivity index (χ3n) is 2.36. The molecule has 0 aliphatic heterocycles. The minimum atomic E-state index is 0.425. The number of hydrazone groups is 1. The number of nitrogen functional groups attached to an aromatic ring is 1. The molecule has 0 saturated heterocycles. The van der Waals surface area contributed by atoms with Crippen LogP contribution in [0.4, 0.5) is 5.95 Å². The number of benzene rings is 1. The fraction of sp³-hybridized carbons (Fsp3) is 0.182. The van der Waals surface area contributed by atoms with Crippen LogP contribution in [0.3, 0.4) is 0 Å². The van der Waals surface area contributed by atoms with Crippen LogP contribution in [-0.4, -0.2) is 21.1 Å². The van der Waals surface area contributed by atoms with Gasteiger partial charge in [0.1, 0.15) is 0 Å². The molecule has 6 nitrogen and oxygen atoms in total. The maximum Gasteiger partial charge on any atom is 0.263 e. The van der Waals surface area contributed by atoms with Gasteiger partial charge in [-0.15, -0.1) is 10.2 Å². The zero-order valence-corrected chi connectivity index (χ0v) is 12.0. The van der Waals surface area contributed by atoms with E-state index in [0.717, 1.165) is 15.6 Å². The van der Waals surface area contributed by atoms with Gasteiger partial charge in [0.2, 0.25) is 0 Å². The molecule has 0 saturated carbocycles. The molecule has 1 heterocycles. The highest BCUT2D eigenvalue weighted by Crippen LogP contribution is 2.09. The number of hydrogen-bond acceptors (Lipinski definition) is 5. The first kappa shape index (κ1) is 12.8. The van der Waals surface area contributed by atoms with E-state index in [1.807, 2.05) is 31.2 Å². The predicted octanol–water partition coefficient (Wildman–Crippen LogP) is 1.60. The van der Waals surface area contributed by atoms with E-state index in [1.165, 1.54) is 4.68 Å². The first-order valence-electron chi connectivity index (χ1n) is 5.45. The van der Waals surface area contributed by atoms with Gasteiger partial charge in [-0.3, -0.25) is 0 Å². The molecule has 0 aliphatic rings. The smallest absolute Gasteiger partial charge is 0.263 e. The standard InChI is InChI=1S/C11H13IN6/c1-2-10-15-17-11(18(10)13)16-14-7-8-5-3-4-6-9(8)12/h3-7H,2,13H2,1H3,(H,16,17)/b14-7+. The van der Waals surface area contributed by atoms with Crippen molar-refractivity contribution in [2.45, 2.75) is 13.3 Å². The predicted molar refractivity (Wildman–Crippen MR) is 79.9 cm³/mol. The SMILES string of the molecule is CCc1nnc(N/N=C/c2ccccc2I)n1N. The molecule has 0 amide bonds. The van der Waals surface area contributed by atoms with Crippen molar-refractivity contribution in [3.8, 4) is 0 Å². The molecule has 3 N–H and O–H groups in total. The summed E-state index contributed by atoms with van der Waals surface area (Å²) in [6.07, 6.45) is 2.45. The highest BCUT2D eigenvalue weighted by molar-refractivity contribution is 14.1. The zero-order valence-electron chi connectivity index (χ0n) is 9.84. The lowest BCUT2D eigenvalue weighted by Gasteiger charge is -2.01. The average Bonchev–Trinajstić information content (AvgIpc) is 2.73. The highest BCUT2D eigenvalue weighted by Gasteiger charge is 2.05. The van der Waals surface area contributed by atoms with Gasteiger partial charge in [-0.1, -0.05) is 25.1 Å². The number of anilines is 1. The number of nitrogens with one attached hydrogen (secondary N) is 1. The van der Waals surface area contributed by atoms with Crippen molar-refractivity contribution in [3.63, 3.8) is 0 Å². The summed E-state index contributed by atoms with van der Waals surface area (Å²) in [5.74, 6) is 6.91. The molecule has 0 fully saturated rings. The van der Waals surface area contributed by atoms with Crippen LogP contribution >= 0.6 is 22.6 Å². The molecule has 2 aromatic rings. The largest absolute Gasteiger partial charge is 0.335 e. The maximum absolute atomic E-state index is 5.78. The number of nitrogens with two attached hydrogens (primary N) is 1. The quantitative estimate of drug-likeness (QED) is 0.378. The Balaban J connectivity index is 2.07. The monoisotopic (exact) mass is 356 g/mol. The van der Waals surface area contributed by atoms with Crippen molar-refractivity contribution in [3.05, 3.63) is 39.2 Å². The van der Waals surface area contributed by atoms with Crippen molar-refractivity contribution in [1.82, 2.24) is 14.9 Å². The molecule has 1 aromatic heterocycles. The molecule has 18 heavy (non-hydrogen) atoms. The summed E-state index contributed by atoms with van der Waals surface area (Å²) in [5, 5.41) is 11.9. The third-order valence-corrected chi connectivity index (χ3v) is 3.34. The second kappa shape index (κ2) is 5.80. The van der Waals surface area contributed by atoms with Crippen LogP contribution in [0, 0.1) is 3.57 Å². The summed E-state index contributed by atoms with van der Waals surface area (Å²) in [7, 11) is 0. The summed E-state index contributed by atoms with van der Waals surface area (Å²) < 4.78 is 2.52. The maximum atomic E-state index is 5.78. The fourth-order valence-corrected chi connectivity index (χ4v) is 1.91. The Bertz CT molecular complexity index is 562. The zero-order chi connectivity index (χ0) is 13.0. The molecule has 0 atom stereocenters. The van der Waals surface area contributed by atoms with Crippen LogP contribution in [0.1, 0.15) is 18.3 Å². The van der Waals surface area contributed by atoms with Crippen molar-refractivity contribution in [1.29, 1.82) is 0 Å². The van der Waals surface area contributed by atoms with Crippen molar-refractivity contribution in [2.24, 2.45) is 5.10 Å². The molecule has 1 aromatic carbocycles. The third kappa shape index (κ3) is 2.78. The Labute approximate surface area is 118 Å². The number of rotatable bonds is 4. The lowest BCUT2D eigenvalue weighted by molar-refractivity contribution is 0.855. The molecule has 0 radical (unpaired) electrons. The molecular formula is C11H13IN6. The average molecular weight is 356 g/mol. The molecule has 7 heteroatoms. The number of aromatic nitrogens is 3. The van der Waals surface area contributed by atoms with E-state index in [-0.39, 0.29) is 0 Å². The van der Waals surface area contributed by atoms with E-state index in [1.54, 1.807) is 6.21 Å². The Kier molecular flexibility index (Phi) is 4.13. The Hall–Kier alpha value is -1.64. The Morgan fingerprint density at radius 2 is 2.22 bits per heavy atom. The molecule has 0 bridgehead atoms. The molecule has 0 spiro atoms. The van der Waals surface area contributed by atoms with Crippen molar-refractivity contribution >= 4 is 34.8 Å². The van der Waals surface area contributed by atoms with E-state index in [4.69, 9.17) is 5.84 Å². The lowest BCUT2D eigenvalue weighted by atomic mass is 10.2. The van der Waals surface area contributed by atoms with Crippen molar-refractivity contribution in [2.75, 3.05) is 11.3 Å². The van der Waals surface area contributed by atoms with E-state index in [0.29, 0.717) is 11.8 Å². The van der Waals surface area contributed by atoms with Gasteiger partial charge in [0.25, 0.3) is 5.95 Å². The van der Waals surface area contributed by atoms with Gasteiger partial charge in [0.05, 0.1) is 6.21 Å². The van der Waals surface area contributed by atoms with Gasteiger partial charge in [-0.2, -0.15) is 5.10 Å². The minimum Gasteiger partial charge on any atom is -0.335 e. The van der Waals surface area contributed by atoms with E-state index >= 15 is 0 Å². The Morgan fingerprint density at radius 1 is 1.44 bits per heavy atom. The van der Waals surface area contributed by atoms with Crippen LogP contribution in [-0.2, 0) is 6.42 Å². The number of nitrogens with zero attached hydrogens (tertiary/aromatic N) is 4. The topological polar surface area (TPSA) is 81.1 Å². The van der Waals surface area contributed by atoms with Crippen LogP contribution in [0.2, 0.25) is 0 Å². The van der Waals surface area contributed by atoms with Crippen LogP contribution in [0.5, 0.6) is 0 Å². The second-order valence-electron chi connectivity index (χ2n) is 3.55.